The number of hydrogen-bond donors (Lipinski definition) is 1. The van der Waals surface area contributed by atoms with Gasteiger partial charge in [-0.2, -0.15) is 0 Å². The van der Waals surface area contributed by atoms with Crippen LogP contribution in [-0.2, 0) is 4.79 Å². The molecule has 0 spiro atoms. The largest absolute Gasteiger partial charge is 0.339 e. The Balaban J connectivity index is 1.65. The number of nitrogens with zero attached hydrogens (tertiary/aromatic N) is 1. The Morgan fingerprint density at radius 2 is 1.75 bits per heavy atom. The van der Waals surface area contributed by atoms with E-state index in [1.165, 1.54) is 16.7 Å². The van der Waals surface area contributed by atoms with Crippen molar-refractivity contribution in [2.75, 3.05) is 25.2 Å². The van der Waals surface area contributed by atoms with E-state index < -0.39 is 0 Å². The molecule has 3 aromatic carbocycles. The summed E-state index contributed by atoms with van der Waals surface area (Å²) < 4.78 is 0. The van der Waals surface area contributed by atoms with Crippen molar-refractivity contribution in [1.82, 2.24) is 4.90 Å². The third kappa shape index (κ3) is 5.22. The second kappa shape index (κ2) is 9.37. The monoisotopic (exact) mass is 430 g/mol. The fraction of sp³-hybridized carbons (Fsp3) is 0.143. The van der Waals surface area contributed by atoms with E-state index >= 15 is 0 Å². The maximum Gasteiger partial charge on any atom is 0.285 e. The van der Waals surface area contributed by atoms with Crippen molar-refractivity contribution < 1.29 is 9.59 Å². The second-order valence-corrected chi connectivity index (χ2v) is 8.67. The molecule has 0 aromatic heterocycles. The number of fused-ring (bicyclic) bond motifs is 1. The lowest BCUT2D eigenvalue weighted by Gasteiger charge is -2.11. The summed E-state index contributed by atoms with van der Waals surface area (Å²) >= 11 is 8.91. The van der Waals surface area contributed by atoms with E-state index in [0.717, 1.165) is 32.3 Å². The second-order valence-electron chi connectivity index (χ2n) is 6.22. The van der Waals surface area contributed by atoms with Gasteiger partial charge in [0.1, 0.15) is 0 Å². The lowest BCUT2D eigenvalue weighted by Crippen LogP contribution is -2.16. The molecule has 0 aliphatic rings. The van der Waals surface area contributed by atoms with E-state index in [0.29, 0.717) is 10.7 Å². The van der Waals surface area contributed by atoms with Crippen molar-refractivity contribution in [3.05, 3.63) is 65.7 Å². The zero-order chi connectivity index (χ0) is 20.1. The van der Waals surface area contributed by atoms with Crippen molar-refractivity contribution in [2.45, 2.75) is 9.79 Å². The highest BCUT2D eigenvalue weighted by Crippen LogP contribution is 2.33. The fourth-order valence-electron chi connectivity index (χ4n) is 2.55. The molecule has 4 nitrogen and oxygen atoms in total. The average molecular weight is 431 g/mol. The molecule has 0 unspecified atom stereocenters. The number of thioether (sulfide) groups is 2. The molecule has 0 atom stereocenters. The zero-order valence-corrected chi connectivity index (χ0v) is 17.8. The van der Waals surface area contributed by atoms with E-state index in [-0.39, 0.29) is 16.9 Å². The SMILES string of the molecule is CN(C)C(=O)Sc1cccc(NC(=O)CSc2cccc3cccc(Cl)c23)c1. The van der Waals surface area contributed by atoms with Crippen molar-refractivity contribution in [1.29, 1.82) is 0 Å². The van der Waals surface area contributed by atoms with Crippen molar-refractivity contribution in [3.63, 3.8) is 0 Å². The quantitative estimate of drug-likeness (QED) is 0.504. The molecule has 3 rings (SSSR count). The molecule has 0 fully saturated rings. The predicted molar refractivity (Wildman–Crippen MR) is 120 cm³/mol. The van der Waals surface area contributed by atoms with Gasteiger partial charge in [0.25, 0.3) is 5.24 Å². The van der Waals surface area contributed by atoms with Crippen molar-refractivity contribution >= 4 is 62.7 Å². The van der Waals surface area contributed by atoms with Crippen LogP contribution < -0.4 is 5.32 Å². The summed E-state index contributed by atoms with van der Waals surface area (Å²) in [4.78, 5) is 27.5. The summed E-state index contributed by atoms with van der Waals surface area (Å²) in [5.74, 6) is 0.147. The zero-order valence-electron chi connectivity index (χ0n) is 15.4. The molecule has 0 heterocycles. The molecule has 3 aromatic rings. The van der Waals surface area contributed by atoms with E-state index in [4.69, 9.17) is 11.6 Å². The molecular formula is C21H19ClN2O2S2. The first-order chi connectivity index (χ1) is 13.4. The molecule has 0 aliphatic heterocycles. The summed E-state index contributed by atoms with van der Waals surface area (Å²) in [5, 5.41) is 5.51. The van der Waals surface area contributed by atoms with Gasteiger partial charge >= 0.3 is 0 Å². The Hall–Kier alpha value is -2.15. The van der Waals surface area contributed by atoms with Gasteiger partial charge < -0.3 is 10.2 Å². The molecular weight excluding hydrogens is 412 g/mol. The van der Waals surface area contributed by atoms with Gasteiger partial charge in [-0.15, -0.1) is 11.8 Å². The van der Waals surface area contributed by atoms with Gasteiger partial charge in [-0.25, -0.2) is 0 Å². The van der Waals surface area contributed by atoms with Gasteiger partial charge in [-0.05, 0) is 47.5 Å². The molecule has 28 heavy (non-hydrogen) atoms. The van der Waals surface area contributed by atoms with Gasteiger partial charge in [0.05, 0.1) is 5.75 Å². The van der Waals surface area contributed by atoms with Crippen LogP contribution in [0.15, 0.2) is 70.5 Å². The summed E-state index contributed by atoms with van der Waals surface area (Å²) in [7, 11) is 3.41. The van der Waals surface area contributed by atoms with Gasteiger partial charge in [-0.1, -0.05) is 41.9 Å². The Morgan fingerprint density at radius 1 is 1.04 bits per heavy atom. The molecule has 0 aliphatic carbocycles. The van der Waals surface area contributed by atoms with Crippen LogP contribution in [0, 0.1) is 0 Å². The molecule has 0 saturated heterocycles. The fourth-order valence-corrected chi connectivity index (χ4v) is 4.51. The highest BCUT2D eigenvalue weighted by molar-refractivity contribution is 8.13. The molecule has 0 bridgehead atoms. The predicted octanol–water partition coefficient (Wildman–Crippen LogP) is 6.00. The number of amides is 2. The minimum Gasteiger partial charge on any atom is -0.339 e. The van der Waals surface area contributed by atoms with E-state index in [2.05, 4.69) is 5.32 Å². The number of anilines is 1. The molecule has 0 saturated carbocycles. The van der Waals surface area contributed by atoms with Gasteiger partial charge in [0.15, 0.2) is 0 Å². The third-order valence-corrected chi connectivity index (χ3v) is 6.26. The standard InChI is InChI=1S/C21H19ClN2O2S2/c1-24(2)21(26)28-16-9-5-8-15(12-16)23-19(25)13-27-18-11-4-7-14-6-3-10-17(22)20(14)18/h3-12H,13H2,1-2H3,(H,23,25). The summed E-state index contributed by atoms with van der Waals surface area (Å²) in [5.41, 5.74) is 0.665. The van der Waals surface area contributed by atoms with Crippen LogP contribution in [0.3, 0.4) is 0 Å². The smallest absolute Gasteiger partial charge is 0.285 e. The van der Waals surface area contributed by atoms with Crippen LogP contribution in [0.25, 0.3) is 10.8 Å². The first-order valence-electron chi connectivity index (χ1n) is 8.53. The topological polar surface area (TPSA) is 49.4 Å². The van der Waals surface area contributed by atoms with E-state index in [1.54, 1.807) is 20.2 Å². The Labute approximate surface area is 177 Å². The van der Waals surface area contributed by atoms with Gasteiger partial charge in [0.2, 0.25) is 5.91 Å². The first-order valence-corrected chi connectivity index (χ1v) is 10.7. The Bertz CT molecular complexity index is 1020. The summed E-state index contributed by atoms with van der Waals surface area (Å²) in [6.45, 7) is 0. The number of carbonyl (C=O) groups is 2. The molecule has 7 heteroatoms. The van der Waals surface area contributed by atoms with Gasteiger partial charge in [0, 0.05) is 40.0 Å². The van der Waals surface area contributed by atoms with Crippen LogP contribution in [0.1, 0.15) is 0 Å². The van der Waals surface area contributed by atoms with Crippen LogP contribution in [0.5, 0.6) is 0 Å². The van der Waals surface area contributed by atoms with E-state index in [9.17, 15) is 9.59 Å². The summed E-state index contributed by atoms with van der Waals surface area (Å²) in [6, 6.07) is 19.0. The van der Waals surface area contributed by atoms with Crippen LogP contribution in [0.2, 0.25) is 5.02 Å². The van der Waals surface area contributed by atoms with Crippen molar-refractivity contribution in [3.8, 4) is 0 Å². The van der Waals surface area contributed by atoms with Crippen LogP contribution >= 0.6 is 35.1 Å². The van der Waals surface area contributed by atoms with E-state index in [1.807, 2.05) is 54.6 Å². The maximum absolute atomic E-state index is 12.4. The average Bonchev–Trinajstić information content (AvgIpc) is 2.66. The number of halogens is 1. The minimum absolute atomic E-state index is 0.0631. The number of carbonyl (C=O) groups excluding carboxylic acids is 2. The Kier molecular flexibility index (Phi) is 6.88. The lowest BCUT2D eigenvalue weighted by molar-refractivity contribution is -0.113. The molecule has 2 amide bonds. The number of benzene rings is 3. The van der Waals surface area contributed by atoms with Crippen molar-refractivity contribution in [2.24, 2.45) is 0 Å². The molecule has 1 N–H and O–H groups in total. The maximum atomic E-state index is 12.4. The van der Waals surface area contributed by atoms with Gasteiger partial charge in [-0.3, -0.25) is 9.59 Å². The first kappa shape index (κ1) is 20.6. The molecule has 0 radical (unpaired) electrons. The lowest BCUT2D eigenvalue weighted by atomic mass is 10.1. The number of nitrogens with one attached hydrogen (secondary N) is 1. The minimum atomic E-state index is -0.116. The highest BCUT2D eigenvalue weighted by Gasteiger charge is 2.10. The van der Waals surface area contributed by atoms with Crippen LogP contribution in [-0.4, -0.2) is 35.9 Å². The highest BCUT2D eigenvalue weighted by atomic mass is 35.5. The van der Waals surface area contributed by atoms with Crippen LogP contribution in [0.4, 0.5) is 10.5 Å². The normalized spacial score (nSPS) is 10.7. The summed E-state index contributed by atoms with van der Waals surface area (Å²) in [6.07, 6.45) is 0. The Morgan fingerprint density at radius 3 is 2.50 bits per heavy atom. The number of hydrogen-bond acceptors (Lipinski definition) is 4. The number of rotatable bonds is 5. The third-order valence-electron chi connectivity index (χ3n) is 3.86. The molecule has 144 valence electrons.